The quantitative estimate of drug-likeness (QED) is 0.358. The Labute approximate surface area is 225 Å². The highest BCUT2D eigenvalue weighted by molar-refractivity contribution is 7.98. The van der Waals surface area contributed by atoms with Gasteiger partial charge in [-0.15, -0.1) is 11.8 Å². The molecule has 3 aliphatic rings. The summed E-state index contributed by atoms with van der Waals surface area (Å²) in [5.74, 6) is -3.01. The van der Waals surface area contributed by atoms with Crippen molar-refractivity contribution in [3.8, 4) is 5.75 Å². The molecule has 12 heteroatoms. The molecule has 0 unspecified atom stereocenters. The van der Waals surface area contributed by atoms with Gasteiger partial charge in [0, 0.05) is 41.9 Å². The van der Waals surface area contributed by atoms with Gasteiger partial charge in [0.2, 0.25) is 18.0 Å². The highest BCUT2D eigenvalue weighted by Crippen LogP contribution is 2.45. The molecule has 0 spiro atoms. The number of carbonyl (C=O) groups excluding carboxylic acids is 2. The number of fused-ring (bicyclic) bond motifs is 4. The minimum atomic E-state index is -0.944. The van der Waals surface area contributed by atoms with E-state index in [1.54, 1.807) is 11.0 Å². The van der Waals surface area contributed by atoms with Crippen LogP contribution in [-0.2, 0) is 20.0 Å². The Hall–Kier alpha value is -3.90. The zero-order valence-corrected chi connectivity index (χ0v) is 21.6. The van der Waals surface area contributed by atoms with Gasteiger partial charge in [-0.1, -0.05) is 24.3 Å². The molecule has 39 heavy (non-hydrogen) atoms. The first-order valence-corrected chi connectivity index (χ1v) is 13.2. The number of amides is 1. The SMILES string of the molecule is CC(=O)OCOc1c2n(ccc1=O)N([C@@H]1c3ccccc3SCc3c1ccc(F)c3F)[C@@H]1COCCN1C2=O. The van der Waals surface area contributed by atoms with E-state index in [9.17, 15) is 18.8 Å². The van der Waals surface area contributed by atoms with Crippen LogP contribution in [0.1, 0.15) is 40.1 Å². The summed E-state index contributed by atoms with van der Waals surface area (Å²) < 4.78 is 47.3. The fourth-order valence-corrected chi connectivity index (χ4v) is 6.40. The van der Waals surface area contributed by atoms with Crippen LogP contribution in [0.25, 0.3) is 0 Å². The van der Waals surface area contributed by atoms with Crippen molar-refractivity contribution in [2.75, 3.05) is 31.6 Å². The number of ether oxygens (including phenoxy) is 3. The molecule has 3 aliphatic heterocycles. The summed E-state index contributed by atoms with van der Waals surface area (Å²) in [5.41, 5.74) is 0.929. The van der Waals surface area contributed by atoms with Gasteiger partial charge in [0.25, 0.3) is 5.91 Å². The summed E-state index contributed by atoms with van der Waals surface area (Å²) in [4.78, 5) is 40.4. The van der Waals surface area contributed by atoms with Crippen molar-refractivity contribution in [1.82, 2.24) is 9.58 Å². The normalized spacial score (nSPS) is 19.8. The largest absolute Gasteiger partial charge is 0.451 e. The Bertz CT molecular complexity index is 1550. The second-order valence-electron chi connectivity index (χ2n) is 9.19. The summed E-state index contributed by atoms with van der Waals surface area (Å²) in [5, 5.41) is 1.84. The fraction of sp³-hybridized carbons (Fsp3) is 0.296. The maximum Gasteiger partial charge on any atom is 0.305 e. The first-order chi connectivity index (χ1) is 18.9. The van der Waals surface area contributed by atoms with Crippen LogP contribution in [0.5, 0.6) is 5.75 Å². The predicted molar refractivity (Wildman–Crippen MR) is 136 cm³/mol. The van der Waals surface area contributed by atoms with E-state index in [0.29, 0.717) is 5.56 Å². The molecule has 2 atom stereocenters. The zero-order chi connectivity index (χ0) is 27.3. The summed E-state index contributed by atoms with van der Waals surface area (Å²) in [6, 6.07) is 10.8. The van der Waals surface area contributed by atoms with Gasteiger partial charge < -0.3 is 19.1 Å². The second kappa shape index (κ2) is 10.0. The Balaban J connectivity index is 1.60. The van der Waals surface area contributed by atoms with Crippen LogP contribution in [0.4, 0.5) is 8.78 Å². The number of aromatic nitrogens is 1. The van der Waals surface area contributed by atoms with Gasteiger partial charge in [0.15, 0.2) is 17.3 Å². The number of morpholine rings is 1. The van der Waals surface area contributed by atoms with Gasteiger partial charge >= 0.3 is 5.97 Å². The van der Waals surface area contributed by atoms with Crippen molar-refractivity contribution in [3.63, 3.8) is 0 Å². The lowest BCUT2D eigenvalue weighted by Gasteiger charge is -2.51. The molecule has 1 amide bonds. The Morgan fingerprint density at radius 3 is 2.77 bits per heavy atom. The van der Waals surface area contributed by atoms with Crippen LogP contribution >= 0.6 is 11.8 Å². The Morgan fingerprint density at radius 1 is 1.13 bits per heavy atom. The third-order valence-electron chi connectivity index (χ3n) is 7.00. The van der Waals surface area contributed by atoms with Gasteiger partial charge in [-0.05, 0) is 23.3 Å². The third-order valence-corrected chi connectivity index (χ3v) is 8.11. The van der Waals surface area contributed by atoms with Crippen LogP contribution in [0.3, 0.4) is 0 Å². The van der Waals surface area contributed by atoms with Crippen molar-refractivity contribution in [1.29, 1.82) is 0 Å². The molecule has 0 saturated carbocycles. The molecule has 0 radical (unpaired) electrons. The average Bonchev–Trinajstić information content (AvgIpc) is 3.09. The van der Waals surface area contributed by atoms with E-state index in [0.717, 1.165) is 16.5 Å². The van der Waals surface area contributed by atoms with Gasteiger partial charge in [-0.2, -0.15) is 0 Å². The lowest BCUT2D eigenvalue weighted by atomic mass is 9.93. The van der Waals surface area contributed by atoms with Crippen molar-refractivity contribution >= 4 is 23.6 Å². The Morgan fingerprint density at radius 2 is 1.95 bits per heavy atom. The summed E-state index contributed by atoms with van der Waals surface area (Å²) in [6.45, 7) is 1.30. The molecule has 6 rings (SSSR count). The number of hydrogen-bond donors (Lipinski definition) is 0. The molecule has 9 nitrogen and oxygen atoms in total. The summed E-state index contributed by atoms with van der Waals surface area (Å²) >= 11 is 1.40. The number of pyridine rings is 1. The number of thioether (sulfide) groups is 1. The van der Waals surface area contributed by atoms with E-state index >= 15 is 4.39 Å². The van der Waals surface area contributed by atoms with Crippen LogP contribution in [0.2, 0.25) is 0 Å². The topological polar surface area (TPSA) is 90.3 Å². The number of carbonyl (C=O) groups is 2. The van der Waals surface area contributed by atoms with Crippen molar-refractivity contribution < 1.29 is 32.6 Å². The minimum absolute atomic E-state index is 0.0636. The van der Waals surface area contributed by atoms with Crippen LogP contribution in [-0.4, -0.2) is 54.2 Å². The smallest absolute Gasteiger partial charge is 0.305 e. The van der Waals surface area contributed by atoms with Gasteiger partial charge in [0.05, 0.1) is 19.3 Å². The number of benzene rings is 2. The van der Waals surface area contributed by atoms with Gasteiger partial charge in [-0.25, -0.2) is 8.78 Å². The van der Waals surface area contributed by atoms with E-state index < -0.39 is 47.9 Å². The zero-order valence-electron chi connectivity index (χ0n) is 20.8. The van der Waals surface area contributed by atoms with E-state index in [1.807, 2.05) is 29.3 Å². The third kappa shape index (κ3) is 4.23. The minimum Gasteiger partial charge on any atom is -0.451 e. The van der Waals surface area contributed by atoms with Crippen molar-refractivity contribution in [2.24, 2.45) is 0 Å². The maximum atomic E-state index is 15.2. The first kappa shape index (κ1) is 25.4. The second-order valence-corrected chi connectivity index (χ2v) is 10.2. The van der Waals surface area contributed by atoms with E-state index in [4.69, 9.17) is 14.2 Å². The summed E-state index contributed by atoms with van der Waals surface area (Å²) in [7, 11) is 0. The molecular weight excluding hydrogens is 532 g/mol. The number of rotatable bonds is 4. The molecule has 1 aromatic heterocycles. The fourth-order valence-electron chi connectivity index (χ4n) is 5.28. The van der Waals surface area contributed by atoms with Crippen LogP contribution in [0.15, 0.2) is 58.4 Å². The lowest BCUT2D eigenvalue weighted by molar-refractivity contribution is -0.147. The van der Waals surface area contributed by atoms with E-state index in [2.05, 4.69) is 0 Å². The first-order valence-electron chi connectivity index (χ1n) is 12.2. The molecule has 1 saturated heterocycles. The van der Waals surface area contributed by atoms with Gasteiger partial charge in [-0.3, -0.25) is 24.1 Å². The number of esters is 1. The van der Waals surface area contributed by atoms with Crippen molar-refractivity contribution in [2.45, 2.75) is 29.8 Å². The molecule has 1 fully saturated rings. The van der Waals surface area contributed by atoms with Gasteiger partial charge in [0.1, 0.15) is 6.17 Å². The molecule has 202 valence electrons. The molecule has 0 N–H and O–H groups in total. The maximum absolute atomic E-state index is 15.2. The highest BCUT2D eigenvalue weighted by Gasteiger charge is 2.46. The highest BCUT2D eigenvalue weighted by atomic mass is 32.2. The molecular formula is C27H23F2N3O6S. The molecule has 0 bridgehead atoms. The van der Waals surface area contributed by atoms with Crippen LogP contribution < -0.4 is 15.2 Å². The molecule has 4 heterocycles. The molecule has 2 aromatic carbocycles. The van der Waals surface area contributed by atoms with E-state index in [-0.39, 0.29) is 42.5 Å². The summed E-state index contributed by atoms with van der Waals surface area (Å²) in [6.07, 6.45) is 0.824. The monoisotopic (exact) mass is 555 g/mol. The van der Waals surface area contributed by atoms with Crippen LogP contribution in [0, 0.1) is 11.6 Å². The lowest BCUT2D eigenvalue weighted by Crippen LogP contribution is -2.66. The molecule has 3 aromatic rings. The Kier molecular flexibility index (Phi) is 6.51. The predicted octanol–water partition coefficient (Wildman–Crippen LogP) is 3.17. The number of halogens is 2. The van der Waals surface area contributed by atoms with E-state index in [1.165, 1.54) is 35.6 Å². The molecule has 0 aliphatic carbocycles. The van der Waals surface area contributed by atoms with Crippen molar-refractivity contribution in [3.05, 3.63) is 92.9 Å². The average molecular weight is 556 g/mol. The number of hydrogen-bond acceptors (Lipinski definition) is 8. The number of nitrogens with zero attached hydrogens (tertiary/aromatic N) is 3. The standard InChI is InChI=1S/C27H23F2N3O6S/c1-15(33)37-14-38-26-20(34)8-9-31-25(26)27(35)30-10-11-36-12-22(30)32(31)24-16-6-7-19(28)23(29)18(16)13-39-21-5-3-2-4-17(21)24/h2-9,22,24H,10-14H2,1H3/t22-,24+/m1/s1.